The number of halogens is 1. The molecule has 1 aliphatic heterocycles. The Labute approximate surface area is 144 Å². The Kier molecular flexibility index (Phi) is 3.83. The summed E-state index contributed by atoms with van der Waals surface area (Å²) in [4.78, 5) is 19.3. The molecule has 0 N–H and O–H groups in total. The van der Waals surface area contributed by atoms with Crippen LogP contribution in [0.4, 0.5) is 4.39 Å². The predicted molar refractivity (Wildman–Crippen MR) is 89.3 cm³/mol. The zero-order valence-corrected chi connectivity index (χ0v) is 13.8. The van der Waals surface area contributed by atoms with Crippen LogP contribution in [0.25, 0.3) is 0 Å². The number of fused-ring (bicyclic) bond motifs is 1. The lowest BCUT2D eigenvalue weighted by Crippen LogP contribution is -2.36. The molecule has 0 saturated carbocycles. The lowest BCUT2D eigenvalue weighted by Gasteiger charge is -2.29. The van der Waals surface area contributed by atoms with E-state index in [2.05, 4.69) is 10.1 Å². The molecule has 1 aromatic carbocycles. The molecule has 3 aromatic rings. The van der Waals surface area contributed by atoms with Crippen LogP contribution in [0.1, 0.15) is 34.2 Å². The molecule has 3 heterocycles. The van der Waals surface area contributed by atoms with Crippen LogP contribution in [0.2, 0.25) is 0 Å². The Morgan fingerprint density at radius 2 is 2.12 bits per heavy atom. The molecule has 1 amide bonds. The number of amides is 1. The molecule has 4 rings (SSSR count). The molecule has 6 nitrogen and oxygen atoms in total. The van der Waals surface area contributed by atoms with E-state index in [9.17, 15) is 9.18 Å². The third-order valence-corrected chi connectivity index (χ3v) is 4.51. The molecule has 0 aliphatic carbocycles. The van der Waals surface area contributed by atoms with Gasteiger partial charge in [0.2, 0.25) is 0 Å². The fourth-order valence-corrected chi connectivity index (χ4v) is 3.36. The monoisotopic (exact) mass is 339 g/mol. The summed E-state index contributed by atoms with van der Waals surface area (Å²) < 4.78 is 17.9. The fraction of sp³-hybridized carbons (Fsp3) is 0.278. The number of carbonyl (C=O) groups excluding carboxylic acids is 1. The van der Waals surface area contributed by atoms with E-state index in [0.29, 0.717) is 6.54 Å². The van der Waals surface area contributed by atoms with Crippen molar-refractivity contribution in [2.45, 2.75) is 19.0 Å². The van der Waals surface area contributed by atoms with Crippen LogP contribution in [0.5, 0.6) is 0 Å². The molecule has 7 heteroatoms. The van der Waals surface area contributed by atoms with Gasteiger partial charge in [0, 0.05) is 44.3 Å². The molecular weight excluding hydrogens is 321 g/mol. The number of aromatic nitrogens is 4. The van der Waals surface area contributed by atoms with Crippen molar-refractivity contribution in [2.75, 3.05) is 6.54 Å². The zero-order chi connectivity index (χ0) is 17.4. The minimum Gasteiger partial charge on any atom is -0.333 e. The molecule has 1 unspecified atom stereocenters. The van der Waals surface area contributed by atoms with Crippen LogP contribution in [0.15, 0.2) is 49.1 Å². The molecule has 2 aromatic heterocycles. The minimum absolute atomic E-state index is 0.0800. The average Bonchev–Trinajstić information content (AvgIpc) is 3.20. The van der Waals surface area contributed by atoms with Gasteiger partial charge in [0.1, 0.15) is 17.7 Å². The van der Waals surface area contributed by atoms with Crippen LogP contribution in [-0.2, 0) is 13.6 Å². The highest BCUT2D eigenvalue weighted by molar-refractivity contribution is 5.95. The Morgan fingerprint density at radius 3 is 2.88 bits per heavy atom. The fourth-order valence-electron chi connectivity index (χ4n) is 3.36. The van der Waals surface area contributed by atoms with Gasteiger partial charge in [-0.05, 0) is 18.6 Å². The third kappa shape index (κ3) is 2.71. The van der Waals surface area contributed by atoms with Gasteiger partial charge < -0.3 is 9.47 Å². The van der Waals surface area contributed by atoms with Crippen LogP contribution < -0.4 is 0 Å². The number of nitrogens with zero attached hydrogens (tertiary/aromatic N) is 5. The summed E-state index contributed by atoms with van der Waals surface area (Å²) in [5.41, 5.74) is 0.943. The van der Waals surface area contributed by atoms with E-state index in [1.165, 1.54) is 12.1 Å². The zero-order valence-electron chi connectivity index (χ0n) is 13.8. The van der Waals surface area contributed by atoms with Crippen molar-refractivity contribution in [3.05, 3.63) is 71.8 Å². The first kappa shape index (κ1) is 15.6. The van der Waals surface area contributed by atoms with Crippen LogP contribution in [0, 0.1) is 5.82 Å². The van der Waals surface area contributed by atoms with Gasteiger partial charge in [-0.2, -0.15) is 5.10 Å². The van der Waals surface area contributed by atoms with Crippen molar-refractivity contribution in [1.29, 1.82) is 0 Å². The number of carbonyl (C=O) groups is 1. The number of hydrogen-bond acceptors (Lipinski definition) is 3. The lowest BCUT2D eigenvalue weighted by atomic mass is 10.1. The molecule has 0 fully saturated rings. The summed E-state index contributed by atoms with van der Waals surface area (Å²) in [5, 5.41) is 4.23. The first-order chi connectivity index (χ1) is 12.1. The topological polar surface area (TPSA) is 56.0 Å². The molecule has 0 bridgehead atoms. The van der Waals surface area contributed by atoms with Crippen molar-refractivity contribution >= 4 is 5.91 Å². The molecular formula is C18H18FN5O. The van der Waals surface area contributed by atoms with Gasteiger partial charge in [0.05, 0.1) is 11.8 Å². The third-order valence-electron chi connectivity index (χ3n) is 4.51. The molecule has 25 heavy (non-hydrogen) atoms. The highest BCUT2D eigenvalue weighted by Crippen LogP contribution is 2.31. The Hall–Kier alpha value is -2.96. The normalized spacial score (nSPS) is 17.2. The maximum atomic E-state index is 14.2. The van der Waals surface area contributed by atoms with Gasteiger partial charge in [-0.15, -0.1) is 0 Å². The molecule has 0 spiro atoms. The maximum absolute atomic E-state index is 14.2. The second-order valence-corrected chi connectivity index (χ2v) is 6.16. The van der Waals surface area contributed by atoms with E-state index in [-0.39, 0.29) is 11.5 Å². The largest absolute Gasteiger partial charge is 0.333 e. The molecule has 1 aliphatic rings. The van der Waals surface area contributed by atoms with Crippen LogP contribution >= 0.6 is 0 Å². The van der Waals surface area contributed by atoms with E-state index < -0.39 is 11.9 Å². The van der Waals surface area contributed by atoms with Crippen molar-refractivity contribution in [1.82, 2.24) is 24.2 Å². The predicted octanol–water partition coefficient (Wildman–Crippen LogP) is 2.39. The number of rotatable bonds is 2. The van der Waals surface area contributed by atoms with E-state index in [1.807, 2.05) is 24.0 Å². The highest BCUT2D eigenvalue weighted by Gasteiger charge is 2.34. The number of benzene rings is 1. The van der Waals surface area contributed by atoms with Crippen molar-refractivity contribution in [3.63, 3.8) is 0 Å². The van der Waals surface area contributed by atoms with Crippen molar-refractivity contribution in [2.24, 2.45) is 7.05 Å². The van der Waals surface area contributed by atoms with E-state index in [1.54, 1.807) is 34.1 Å². The Morgan fingerprint density at radius 1 is 1.28 bits per heavy atom. The van der Waals surface area contributed by atoms with E-state index in [4.69, 9.17) is 0 Å². The second-order valence-electron chi connectivity index (χ2n) is 6.16. The first-order valence-electron chi connectivity index (χ1n) is 8.20. The van der Waals surface area contributed by atoms with Gasteiger partial charge in [0.15, 0.2) is 0 Å². The first-order valence-corrected chi connectivity index (χ1v) is 8.20. The van der Waals surface area contributed by atoms with Crippen molar-refractivity contribution < 1.29 is 9.18 Å². The van der Waals surface area contributed by atoms with Gasteiger partial charge in [-0.3, -0.25) is 9.48 Å². The highest BCUT2D eigenvalue weighted by atomic mass is 19.1. The summed E-state index contributed by atoms with van der Waals surface area (Å²) in [6, 6.07) is 5.70. The summed E-state index contributed by atoms with van der Waals surface area (Å²) in [6.07, 6.45) is 8.03. The number of aryl methyl sites for hydroxylation is 2. The van der Waals surface area contributed by atoms with Gasteiger partial charge in [-0.1, -0.05) is 12.1 Å². The Bertz CT molecular complexity index is 916. The standard InChI is InChI=1S/C18H18FN5O/c1-22-12-13(11-21-22)16-17-20-7-10-23(17)8-4-9-24(16)18(25)14-5-2-3-6-15(14)19/h2-3,5-7,10-12,16H,4,8-9H2,1H3. The smallest absolute Gasteiger partial charge is 0.257 e. The summed E-state index contributed by atoms with van der Waals surface area (Å²) >= 11 is 0. The van der Waals surface area contributed by atoms with E-state index in [0.717, 1.165) is 24.4 Å². The molecule has 0 saturated heterocycles. The summed E-state index contributed by atoms with van der Waals surface area (Å²) in [6.45, 7) is 1.29. The number of imidazole rings is 1. The number of hydrogen-bond donors (Lipinski definition) is 0. The van der Waals surface area contributed by atoms with E-state index >= 15 is 0 Å². The van der Waals surface area contributed by atoms with Crippen LogP contribution in [-0.4, -0.2) is 36.7 Å². The quantitative estimate of drug-likeness (QED) is 0.720. The van der Waals surface area contributed by atoms with Gasteiger partial charge >= 0.3 is 0 Å². The van der Waals surface area contributed by atoms with Crippen LogP contribution in [0.3, 0.4) is 0 Å². The van der Waals surface area contributed by atoms with Gasteiger partial charge in [-0.25, -0.2) is 9.37 Å². The second kappa shape index (κ2) is 6.16. The maximum Gasteiger partial charge on any atom is 0.257 e. The molecule has 1 atom stereocenters. The molecule has 0 radical (unpaired) electrons. The Balaban J connectivity index is 1.82. The van der Waals surface area contributed by atoms with Crippen molar-refractivity contribution in [3.8, 4) is 0 Å². The average molecular weight is 339 g/mol. The van der Waals surface area contributed by atoms with Gasteiger partial charge in [0.25, 0.3) is 5.91 Å². The minimum atomic E-state index is -0.509. The summed E-state index contributed by atoms with van der Waals surface area (Å²) in [5.74, 6) is -0.0661. The lowest BCUT2D eigenvalue weighted by molar-refractivity contribution is 0.0702. The summed E-state index contributed by atoms with van der Waals surface area (Å²) in [7, 11) is 1.83. The molecule has 128 valence electrons. The SMILES string of the molecule is Cn1cc(C2c3nccn3CCCN2C(=O)c2ccccc2F)cn1.